The molecule has 21 heavy (non-hydrogen) atoms. The van der Waals surface area contributed by atoms with Gasteiger partial charge < -0.3 is 15.3 Å². The van der Waals surface area contributed by atoms with Crippen molar-refractivity contribution in [1.82, 2.24) is 10.2 Å². The standard InChI is InChI=1S/C14H18N2O4S/c1-4-16(3)14(20)9(2)15-13(19)10-7-11(21-8-10)5-6-12(17)18/h5-9H,4H2,1-3H3,(H,15,19)(H,17,18)/b6-5+. The number of nitrogens with zero attached hydrogens (tertiary/aromatic N) is 1. The molecule has 2 N–H and O–H groups in total. The molecule has 0 saturated heterocycles. The number of thiophene rings is 1. The largest absolute Gasteiger partial charge is 0.478 e. The SMILES string of the molecule is CCN(C)C(=O)C(C)NC(=O)c1csc(/C=C/C(=O)O)c1. The molecule has 7 heteroatoms. The van der Waals surface area contributed by atoms with Gasteiger partial charge in [0.2, 0.25) is 5.91 Å². The number of aliphatic carboxylic acids is 1. The first kappa shape index (κ1) is 16.9. The van der Waals surface area contributed by atoms with Gasteiger partial charge in [-0.15, -0.1) is 11.3 Å². The maximum Gasteiger partial charge on any atom is 0.328 e. The summed E-state index contributed by atoms with van der Waals surface area (Å²) < 4.78 is 0. The van der Waals surface area contributed by atoms with Gasteiger partial charge in [-0.25, -0.2) is 4.79 Å². The maximum atomic E-state index is 12.0. The molecule has 0 bridgehead atoms. The highest BCUT2D eigenvalue weighted by Gasteiger charge is 2.19. The number of hydrogen-bond acceptors (Lipinski definition) is 4. The lowest BCUT2D eigenvalue weighted by Gasteiger charge is -2.20. The van der Waals surface area contributed by atoms with Crippen molar-refractivity contribution in [1.29, 1.82) is 0 Å². The lowest BCUT2D eigenvalue weighted by Crippen LogP contribution is -2.45. The second kappa shape index (κ2) is 7.58. The predicted molar refractivity (Wildman–Crippen MR) is 81.2 cm³/mol. The van der Waals surface area contributed by atoms with E-state index in [4.69, 9.17) is 5.11 Å². The van der Waals surface area contributed by atoms with Crippen molar-refractivity contribution >= 4 is 35.2 Å². The molecule has 2 amide bonds. The van der Waals surface area contributed by atoms with E-state index in [-0.39, 0.29) is 11.8 Å². The van der Waals surface area contributed by atoms with Crippen LogP contribution in [0.4, 0.5) is 0 Å². The number of rotatable bonds is 6. The van der Waals surface area contributed by atoms with E-state index in [2.05, 4.69) is 5.32 Å². The molecule has 1 aromatic rings. The Hall–Kier alpha value is -2.15. The molecule has 1 unspecified atom stereocenters. The highest BCUT2D eigenvalue weighted by atomic mass is 32.1. The second-order valence-corrected chi connectivity index (χ2v) is 5.40. The average molecular weight is 310 g/mol. The van der Waals surface area contributed by atoms with Crippen LogP contribution in [0, 0.1) is 0 Å². The van der Waals surface area contributed by atoms with E-state index >= 15 is 0 Å². The third-order valence-corrected chi connectivity index (χ3v) is 3.74. The minimum absolute atomic E-state index is 0.160. The number of amides is 2. The third kappa shape index (κ3) is 5.03. The van der Waals surface area contributed by atoms with Crippen molar-refractivity contribution in [2.24, 2.45) is 0 Å². The Kier molecular flexibility index (Phi) is 6.10. The van der Waals surface area contributed by atoms with Gasteiger partial charge in [0.05, 0.1) is 5.56 Å². The summed E-state index contributed by atoms with van der Waals surface area (Å²) in [6, 6.07) is 0.973. The molecule has 1 rings (SSSR count). The number of carboxylic acid groups (broad SMARTS) is 1. The molecule has 6 nitrogen and oxygen atoms in total. The minimum Gasteiger partial charge on any atom is -0.478 e. The Morgan fingerprint density at radius 3 is 2.71 bits per heavy atom. The van der Waals surface area contributed by atoms with Gasteiger partial charge in [0.25, 0.3) is 5.91 Å². The Morgan fingerprint density at radius 1 is 1.48 bits per heavy atom. The first-order chi connectivity index (χ1) is 9.85. The zero-order valence-corrected chi connectivity index (χ0v) is 12.9. The van der Waals surface area contributed by atoms with Gasteiger partial charge in [0, 0.05) is 29.9 Å². The van der Waals surface area contributed by atoms with Crippen LogP contribution in [0.5, 0.6) is 0 Å². The smallest absolute Gasteiger partial charge is 0.328 e. The van der Waals surface area contributed by atoms with Gasteiger partial charge in [0.15, 0.2) is 0 Å². The molecule has 1 aromatic heterocycles. The number of carboxylic acids is 1. The van der Waals surface area contributed by atoms with Crippen LogP contribution in [0.15, 0.2) is 17.5 Å². The van der Waals surface area contributed by atoms with Crippen LogP contribution in [0.3, 0.4) is 0 Å². The fourth-order valence-electron chi connectivity index (χ4n) is 1.54. The van der Waals surface area contributed by atoms with Crippen LogP contribution in [-0.2, 0) is 9.59 Å². The molecule has 0 aromatic carbocycles. The summed E-state index contributed by atoms with van der Waals surface area (Å²) in [6.07, 6.45) is 2.43. The molecule has 0 aliphatic carbocycles. The summed E-state index contributed by atoms with van der Waals surface area (Å²) in [5.41, 5.74) is 0.406. The topological polar surface area (TPSA) is 86.7 Å². The number of carbonyl (C=O) groups is 3. The maximum absolute atomic E-state index is 12.0. The van der Waals surface area contributed by atoms with Crippen molar-refractivity contribution in [3.8, 4) is 0 Å². The Labute approximate surface area is 127 Å². The fourth-order valence-corrected chi connectivity index (χ4v) is 2.32. The van der Waals surface area contributed by atoms with Gasteiger partial charge in [-0.05, 0) is 26.0 Å². The van der Waals surface area contributed by atoms with Gasteiger partial charge in [-0.2, -0.15) is 0 Å². The second-order valence-electron chi connectivity index (χ2n) is 4.46. The lowest BCUT2D eigenvalue weighted by molar-refractivity contribution is -0.132. The van der Waals surface area contributed by atoms with Crippen molar-refractivity contribution < 1.29 is 19.5 Å². The van der Waals surface area contributed by atoms with Crippen LogP contribution in [-0.4, -0.2) is 47.4 Å². The monoisotopic (exact) mass is 310 g/mol. The molecule has 0 fully saturated rings. The van der Waals surface area contributed by atoms with Crippen molar-refractivity contribution in [3.63, 3.8) is 0 Å². The zero-order chi connectivity index (χ0) is 16.0. The minimum atomic E-state index is -1.05. The van der Waals surface area contributed by atoms with E-state index in [0.29, 0.717) is 17.0 Å². The van der Waals surface area contributed by atoms with Crippen molar-refractivity contribution in [3.05, 3.63) is 28.0 Å². The number of likely N-dealkylation sites (N-methyl/N-ethyl adjacent to an activating group) is 1. The van der Waals surface area contributed by atoms with Crippen LogP contribution >= 0.6 is 11.3 Å². The first-order valence-corrected chi connectivity index (χ1v) is 7.28. The number of nitrogens with one attached hydrogen (secondary N) is 1. The quantitative estimate of drug-likeness (QED) is 0.778. The summed E-state index contributed by atoms with van der Waals surface area (Å²) in [4.78, 5) is 36.5. The molecular formula is C14H18N2O4S. The highest BCUT2D eigenvalue weighted by Crippen LogP contribution is 2.16. The van der Waals surface area contributed by atoms with E-state index < -0.39 is 12.0 Å². The Morgan fingerprint density at radius 2 is 2.14 bits per heavy atom. The van der Waals surface area contributed by atoms with Crippen molar-refractivity contribution in [2.75, 3.05) is 13.6 Å². The van der Waals surface area contributed by atoms with Crippen LogP contribution in [0.2, 0.25) is 0 Å². The Bertz CT molecular complexity index is 565. The number of hydrogen-bond donors (Lipinski definition) is 2. The molecule has 0 radical (unpaired) electrons. The summed E-state index contributed by atoms with van der Waals surface area (Å²) in [6.45, 7) is 4.05. The molecule has 0 spiro atoms. The summed E-state index contributed by atoms with van der Waals surface area (Å²) >= 11 is 1.26. The van der Waals surface area contributed by atoms with Gasteiger partial charge >= 0.3 is 5.97 Å². The van der Waals surface area contributed by atoms with Crippen LogP contribution < -0.4 is 5.32 Å². The normalized spacial score (nSPS) is 12.1. The lowest BCUT2D eigenvalue weighted by atomic mass is 10.2. The molecule has 0 saturated carbocycles. The summed E-state index contributed by atoms with van der Waals surface area (Å²) in [5, 5.41) is 12.8. The zero-order valence-electron chi connectivity index (χ0n) is 12.1. The fraction of sp³-hybridized carbons (Fsp3) is 0.357. The van der Waals surface area contributed by atoms with Gasteiger partial charge in [0.1, 0.15) is 6.04 Å². The molecule has 1 heterocycles. The molecule has 0 aliphatic heterocycles. The van der Waals surface area contributed by atoms with Crippen LogP contribution in [0.1, 0.15) is 29.1 Å². The molecular weight excluding hydrogens is 292 g/mol. The molecule has 0 aliphatic rings. The van der Waals surface area contributed by atoms with E-state index in [9.17, 15) is 14.4 Å². The summed E-state index contributed by atoms with van der Waals surface area (Å²) in [7, 11) is 1.67. The van der Waals surface area contributed by atoms with E-state index in [1.807, 2.05) is 6.92 Å². The highest BCUT2D eigenvalue weighted by molar-refractivity contribution is 7.11. The Balaban J connectivity index is 2.68. The van der Waals surface area contributed by atoms with Crippen LogP contribution in [0.25, 0.3) is 6.08 Å². The van der Waals surface area contributed by atoms with E-state index in [1.54, 1.807) is 25.4 Å². The first-order valence-electron chi connectivity index (χ1n) is 6.40. The van der Waals surface area contributed by atoms with E-state index in [0.717, 1.165) is 6.08 Å². The third-order valence-electron chi connectivity index (χ3n) is 2.84. The van der Waals surface area contributed by atoms with E-state index in [1.165, 1.54) is 22.3 Å². The predicted octanol–water partition coefficient (Wildman–Crippen LogP) is 1.44. The summed E-state index contributed by atoms with van der Waals surface area (Å²) in [5.74, 6) is -1.56. The average Bonchev–Trinajstić information content (AvgIpc) is 2.92. The number of carbonyl (C=O) groups excluding carboxylic acids is 2. The molecule has 1 atom stereocenters. The van der Waals surface area contributed by atoms with Gasteiger partial charge in [-0.1, -0.05) is 0 Å². The molecule has 114 valence electrons. The van der Waals surface area contributed by atoms with Crippen molar-refractivity contribution in [2.45, 2.75) is 19.9 Å². The van der Waals surface area contributed by atoms with Gasteiger partial charge in [-0.3, -0.25) is 9.59 Å².